The van der Waals surface area contributed by atoms with Crippen LogP contribution >= 0.6 is 0 Å². The van der Waals surface area contributed by atoms with Gasteiger partial charge in [-0.25, -0.2) is 0 Å². The average molecular weight is 670 g/mol. The van der Waals surface area contributed by atoms with Crippen LogP contribution < -0.4 is 5.32 Å². The molecule has 0 bridgehead atoms. The molecule has 0 aromatic rings. The maximum Gasteiger partial charge on any atom is 0.220 e. The first kappa shape index (κ1) is 43.7. The molecule has 276 valence electrons. The van der Waals surface area contributed by atoms with Crippen molar-refractivity contribution >= 4 is 5.91 Å². The second-order valence-electron chi connectivity index (χ2n) is 13.4. The molecule has 1 rings (SSSR count). The predicted molar refractivity (Wildman–Crippen MR) is 189 cm³/mol. The molecule has 1 fully saturated rings. The van der Waals surface area contributed by atoms with Gasteiger partial charge >= 0.3 is 0 Å². The summed E-state index contributed by atoms with van der Waals surface area (Å²) in [6, 6.07) is -0.813. The number of allylic oxidation sites excluding steroid dienone is 3. The molecule has 1 saturated heterocycles. The third-order valence-corrected chi connectivity index (χ3v) is 9.03. The van der Waals surface area contributed by atoms with E-state index in [1.165, 1.54) is 96.3 Å². The number of ether oxygens (including phenoxy) is 2. The molecular formula is C38H71NO8. The third kappa shape index (κ3) is 21.4. The number of hydrogen-bond donors (Lipinski definition) is 6. The highest BCUT2D eigenvalue weighted by Crippen LogP contribution is 2.22. The maximum atomic E-state index is 12.7. The van der Waals surface area contributed by atoms with Crippen LogP contribution in [0, 0.1) is 0 Å². The molecule has 7 atom stereocenters. The summed E-state index contributed by atoms with van der Waals surface area (Å²) < 4.78 is 11.1. The van der Waals surface area contributed by atoms with E-state index in [0.717, 1.165) is 38.5 Å². The van der Waals surface area contributed by atoms with E-state index in [-0.39, 0.29) is 12.5 Å². The van der Waals surface area contributed by atoms with Gasteiger partial charge in [0.05, 0.1) is 25.4 Å². The molecule has 6 N–H and O–H groups in total. The summed E-state index contributed by atoms with van der Waals surface area (Å²) in [6.45, 7) is 3.68. The number of hydrogen-bond acceptors (Lipinski definition) is 8. The quantitative estimate of drug-likeness (QED) is 0.0381. The Morgan fingerprint density at radius 1 is 0.702 bits per heavy atom. The van der Waals surface area contributed by atoms with Gasteiger partial charge in [-0.3, -0.25) is 4.79 Å². The van der Waals surface area contributed by atoms with Crippen molar-refractivity contribution in [3.8, 4) is 0 Å². The predicted octanol–water partition coefficient (Wildman–Crippen LogP) is 6.38. The van der Waals surface area contributed by atoms with Crippen LogP contribution in [0.1, 0.15) is 155 Å². The van der Waals surface area contributed by atoms with Crippen molar-refractivity contribution in [2.24, 2.45) is 0 Å². The van der Waals surface area contributed by atoms with E-state index >= 15 is 0 Å². The Balaban J connectivity index is 2.44. The third-order valence-electron chi connectivity index (χ3n) is 9.03. The van der Waals surface area contributed by atoms with Gasteiger partial charge in [0, 0.05) is 6.42 Å². The standard InChI is InChI=1S/C38H71NO8/c1-3-5-7-9-11-12-13-14-15-16-17-18-19-20-22-23-25-27-32(41)31(39-34(42)28-26-24-21-10-8-6-4-2)30-46-38-37(45)36(44)35(43)33(29-40)47-38/h19-20,25,27,31-33,35-38,40-41,43-45H,3-18,21-24,26,28-30H2,1-2H3,(H,39,42)/b20-19+,27-25+. The molecule has 0 aromatic carbocycles. The monoisotopic (exact) mass is 670 g/mol. The lowest BCUT2D eigenvalue weighted by Gasteiger charge is -2.40. The molecule has 0 saturated carbocycles. The zero-order chi connectivity index (χ0) is 34.5. The minimum Gasteiger partial charge on any atom is -0.394 e. The fraction of sp³-hybridized carbons (Fsp3) is 0.868. The molecule has 9 heteroatoms. The molecule has 47 heavy (non-hydrogen) atoms. The minimum atomic E-state index is -1.57. The molecule has 9 nitrogen and oxygen atoms in total. The largest absolute Gasteiger partial charge is 0.394 e. The van der Waals surface area contributed by atoms with Crippen LogP contribution in [-0.2, 0) is 14.3 Å². The van der Waals surface area contributed by atoms with Crippen LogP contribution in [-0.4, -0.2) is 87.5 Å². The lowest BCUT2D eigenvalue weighted by molar-refractivity contribution is -0.302. The van der Waals surface area contributed by atoms with Crippen molar-refractivity contribution in [2.45, 2.75) is 198 Å². The molecular weight excluding hydrogens is 598 g/mol. The molecule has 1 amide bonds. The molecule has 1 aliphatic rings. The van der Waals surface area contributed by atoms with Gasteiger partial charge in [0.2, 0.25) is 5.91 Å². The smallest absolute Gasteiger partial charge is 0.220 e. The Morgan fingerprint density at radius 3 is 1.79 bits per heavy atom. The lowest BCUT2D eigenvalue weighted by atomic mass is 9.99. The lowest BCUT2D eigenvalue weighted by Crippen LogP contribution is -2.60. The van der Waals surface area contributed by atoms with Gasteiger partial charge in [0.25, 0.3) is 0 Å². The first-order chi connectivity index (χ1) is 22.8. The van der Waals surface area contributed by atoms with Crippen molar-refractivity contribution in [3.05, 3.63) is 24.3 Å². The van der Waals surface area contributed by atoms with Gasteiger partial charge in [-0.2, -0.15) is 0 Å². The number of aliphatic hydroxyl groups excluding tert-OH is 5. The molecule has 1 aliphatic heterocycles. The Labute approximate surface area is 286 Å². The summed E-state index contributed by atoms with van der Waals surface area (Å²) in [5.41, 5.74) is 0. The summed E-state index contributed by atoms with van der Waals surface area (Å²) in [5.74, 6) is -0.196. The van der Waals surface area contributed by atoms with E-state index in [9.17, 15) is 30.3 Å². The second-order valence-corrected chi connectivity index (χ2v) is 13.4. The van der Waals surface area contributed by atoms with Crippen LogP contribution in [0.3, 0.4) is 0 Å². The van der Waals surface area contributed by atoms with Gasteiger partial charge in [-0.15, -0.1) is 0 Å². The van der Waals surface area contributed by atoms with Gasteiger partial charge in [-0.1, -0.05) is 141 Å². The fourth-order valence-electron chi connectivity index (χ4n) is 5.88. The zero-order valence-corrected chi connectivity index (χ0v) is 29.8. The minimum absolute atomic E-state index is 0.196. The van der Waals surface area contributed by atoms with Crippen LogP contribution in [0.2, 0.25) is 0 Å². The number of carbonyl (C=O) groups excluding carboxylic acids is 1. The normalized spacial score (nSPS) is 23.1. The van der Waals surface area contributed by atoms with Crippen LogP contribution in [0.25, 0.3) is 0 Å². The van der Waals surface area contributed by atoms with Crippen molar-refractivity contribution in [3.63, 3.8) is 0 Å². The van der Waals surface area contributed by atoms with Crippen molar-refractivity contribution < 1.29 is 39.8 Å². The summed E-state index contributed by atoms with van der Waals surface area (Å²) in [6.07, 6.45) is 25.3. The van der Waals surface area contributed by atoms with E-state index in [1.54, 1.807) is 6.08 Å². The number of carbonyl (C=O) groups is 1. The van der Waals surface area contributed by atoms with E-state index in [1.807, 2.05) is 6.08 Å². The van der Waals surface area contributed by atoms with Crippen LogP contribution in [0.15, 0.2) is 24.3 Å². The molecule has 0 aromatic heterocycles. The van der Waals surface area contributed by atoms with Gasteiger partial charge in [-0.05, 0) is 32.1 Å². The van der Waals surface area contributed by atoms with E-state index in [0.29, 0.717) is 6.42 Å². The maximum absolute atomic E-state index is 12.7. The molecule has 1 heterocycles. The number of nitrogens with one attached hydrogen (secondary N) is 1. The Hall–Kier alpha value is -1.33. The molecule has 0 radical (unpaired) electrons. The first-order valence-electron chi connectivity index (χ1n) is 19.1. The van der Waals surface area contributed by atoms with Crippen LogP contribution in [0.5, 0.6) is 0 Å². The second kappa shape index (κ2) is 29.6. The number of amides is 1. The first-order valence-corrected chi connectivity index (χ1v) is 19.1. The summed E-state index contributed by atoms with van der Waals surface area (Å²) >= 11 is 0. The van der Waals surface area contributed by atoms with Crippen molar-refractivity contribution in [1.82, 2.24) is 5.32 Å². The highest BCUT2D eigenvalue weighted by molar-refractivity contribution is 5.76. The zero-order valence-electron chi connectivity index (χ0n) is 29.8. The highest BCUT2D eigenvalue weighted by atomic mass is 16.7. The fourth-order valence-corrected chi connectivity index (χ4v) is 5.88. The molecule has 7 unspecified atom stereocenters. The number of rotatable bonds is 30. The van der Waals surface area contributed by atoms with E-state index in [2.05, 4.69) is 31.3 Å². The Bertz CT molecular complexity index is 792. The Kier molecular flexibility index (Phi) is 27.5. The summed E-state index contributed by atoms with van der Waals surface area (Å²) in [7, 11) is 0. The summed E-state index contributed by atoms with van der Waals surface area (Å²) in [4.78, 5) is 12.7. The average Bonchev–Trinajstić information content (AvgIpc) is 3.07. The topological polar surface area (TPSA) is 149 Å². The molecule has 0 aliphatic carbocycles. The number of unbranched alkanes of at least 4 members (excludes halogenated alkanes) is 18. The van der Waals surface area contributed by atoms with Gasteiger partial charge in [0.15, 0.2) is 6.29 Å². The Morgan fingerprint density at radius 2 is 1.21 bits per heavy atom. The van der Waals surface area contributed by atoms with E-state index in [4.69, 9.17) is 9.47 Å². The van der Waals surface area contributed by atoms with Crippen molar-refractivity contribution in [1.29, 1.82) is 0 Å². The SMILES string of the molecule is CCCCCCCCCCCCC/C=C/CC/C=C/C(O)C(COC1OC(CO)C(O)C(O)C1O)NC(=O)CCCCCCCCC. The number of aliphatic hydroxyl groups is 5. The highest BCUT2D eigenvalue weighted by Gasteiger charge is 2.44. The van der Waals surface area contributed by atoms with Gasteiger partial charge in [0.1, 0.15) is 24.4 Å². The van der Waals surface area contributed by atoms with Crippen LogP contribution in [0.4, 0.5) is 0 Å². The van der Waals surface area contributed by atoms with Gasteiger partial charge < -0.3 is 40.3 Å². The van der Waals surface area contributed by atoms with E-state index < -0.39 is 49.5 Å². The molecule has 0 spiro atoms. The summed E-state index contributed by atoms with van der Waals surface area (Å²) in [5, 5.41) is 53.7. The van der Waals surface area contributed by atoms with Crippen molar-refractivity contribution in [2.75, 3.05) is 13.2 Å².